The van der Waals surface area contributed by atoms with Gasteiger partial charge in [-0.15, -0.1) is 0 Å². The number of hydrogen-bond acceptors (Lipinski definition) is 5. The molecule has 0 unspecified atom stereocenters. The van der Waals surface area contributed by atoms with Crippen molar-refractivity contribution in [2.24, 2.45) is 0 Å². The molecule has 0 amide bonds. The molecule has 0 radical (unpaired) electrons. The van der Waals surface area contributed by atoms with E-state index < -0.39 is 0 Å². The Morgan fingerprint density at radius 3 is 2.84 bits per heavy atom. The molecule has 0 fully saturated rings. The highest BCUT2D eigenvalue weighted by Gasteiger charge is 2.06. The third kappa shape index (κ3) is 4.37. The highest BCUT2D eigenvalue weighted by molar-refractivity contribution is 5.84. The minimum atomic E-state index is 0.617. The molecule has 0 saturated heterocycles. The van der Waals surface area contributed by atoms with Crippen LogP contribution in [0, 0.1) is 0 Å². The Balaban J connectivity index is 1.19. The van der Waals surface area contributed by atoms with Gasteiger partial charge >= 0.3 is 0 Å². The molecule has 5 rings (SSSR count). The number of nitrogens with one attached hydrogen (secondary N) is 4. The van der Waals surface area contributed by atoms with Gasteiger partial charge in [-0.2, -0.15) is 4.98 Å². The van der Waals surface area contributed by atoms with Crippen molar-refractivity contribution in [2.75, 3.05) is 23.8 Å². The Morgan fingerprint density at radius 1 is 0.969 bits per heavy atom. The number of aromatic nitrogens is 4. The molecular formula is C25H26N6O. The molecule has 3 aromatic heterocycles. The van der Waals surface area contributed by atoms with Crippen LogP contribution >= 0.6 is 0 Å². The molecule has 0 aliphatic carbocycles. The van der Waals surface area contributed by atoms with Gasteiger partial charge < -0.3 is 25.3 Å². The summed E-state index contributed by atoms with van der Waals surface area (Å²) in [5.74, 6) is 2.31. The third-order valence-electron chi connectivity index (χ3n) is 5.47. The van der Waals surface area contributed by atoms with E-state index >= 15 is 0 Å². The van der Waals surface area contributed by atoms with Gasteiger partial charge in [0.2, 0.25) is 5.95 Å². The normalized spacial score (nSPS) is 11.2. The molecule has 7 nitrogen and oxygen atoms in total. The second kappa shape index (κ2) is 9.01. The zero-order chi connectivity index (χ0) is 21.8. The fourth-order valence-electron chi connectivity index (χ4n) is 3.88. The first-order valence-corrected chi connectivity index (χ1v) is 10.9. The lowest BCUT2D eigenvalue weighted by molar-refractivity contribution is 0.340. The lowest BCUT2D eigenvalue weighted by Gasteiger charge is -2.09. The second-order valence-electron chi connectivity index (χ2n) is 7.65. The van der Waals surface area contributed by atoms with Crippen LogP contribution in [0.2, 0.25) is 0 Å². The molecule has 0 atom stereocenters. The van der Waals surface area contributed by atoms with Crippen LogP contribution in [-0.4, -0.2) is 33.1 Å². The first-order valence-electron chi connectivity index (χ1n) is 10.9. The monoisotopic (exact) mass is 426 g/mol. The molecule has 5 aromatic rings. The van der Waals surface area contributed by atoms with E-state index in [1.807, 2.05) is 25.3 Å². The number of hydrogen-bond donors (Lipinski definition) is 4. The number of fused-ring (bicyclic) bond motifs is 2. The SMILES string of the molecule is CCOc1ccc2[nH]cc(CCNc3nccc(NCc4ccc5[nH]ccc5c4)n3)c2c1. The smallest absolute Gasteiger partial charge is 0.224 e. The fourth-order valence-corrected chi connectivity index (χ4v) is 3.88. The molecule has 0 spiro atoms. The van der Waals surface area contributed by atoms with Gasteiger partial charge in [-0.1, -0.05) is 6.07 Å². The molecule has 32 heavy (non-hydrogen) atoms. The minimum absolute atomic E-state index is 0.617. The second-order valence-corrected chi connectivity index (χ2v) is 7.65. The lowest BCUT2D eigenvalue weighted by Crippen LogP contribution is -2.09. The number of nitrogens with zero attached hydrogens (tertiary/aromatic N) is 2. The topological polar surface area (TPSA) is 90.6 Å². The van der Waals surface area contributed by atoms with Crippen molar-refractivity contribution in [2.45, 2.75) is 19.9 Å². The average molecular weight is 427 g/mol. The lowest BCUT2D eigenvalue weighted by atomic mass is 10.1. The number of aromatic amines is 2. The summed E-state index contributed by atoms with van der Waals surface area (Å²) in [4.78, 5) is 15.5. The summed E-state index contributed by atoms with van der Waals surface area (Å²) in [5.41, 5.74) is 4.70. The predicted octanol–water partition coefficient (Wildman–Crippen LogP) is 5.10. The molecule has 7 heteroatoms. The molecule has 0 aliphatic rings. The Kier molecular flexibility index (Phi) is 5.61. The van der Waals surface area contributed by atoms with E-state index in [-0.39, 0.29) is 0 Å². The third-order valence-corrected chi connectivity index (χ3v) is 5.47. The molecule has 3 heterocycles. The summed E-state index contributed by atoms with van der Waals surface area (Å²) in [6.45, 7) is 4.10. The average Bonchev–Trinajstić information content (AvgIpc) is 3.45. The summed E-state index contributed by atoms with van der Waals surface area (Å²) in [5, 5.41) is 9.12. The van der Waals surface area contributed by atoms with Crippen LogP contribution in [0.25, 0.3) is 21.8 Å². The maximum atomic E-state index is 5.64. The van der Waals surface area contributed by atoms with E-state index in [1.165, 1.54) is 21.9 Å². The maximum absolute atomic E-state index is 5.64. The summed E-state index contributed by atoms with van der Waals surface area (Å²) >= 11 is 0. The molecular weight excluding hydrogens is 400 g/mol. The van der Waals surface area contributed by atoms with Gasteiger partial charge in [-0.25, -0.2) is 4.98 Å². The maximum Gasteiger partial charge on any atom is 0.224 e. The first-order chi connectivity index (χ1) is 15.8. The van der Waals surface area contributed by atoms with Crippen LogP contribution in [0.1, 0.15) is 18.1 Å². The van der Waals surface area contributed by atoms with Crippen molar-refractivity contribution in [1.82, 2.24) is 19.9 Å². The van der Waals surface area contributed by atoms with Gasteiger partial charge in [0.1, 0.15) is 11.6 Å². The molecule has 2 aromatic carbocycles. The highest BCUT2D eigenvalue weighted by Crippen LogP contribution is 2.24. The van der Waals surface area contributed by atoms with E-state index in [9.17, 15) is 0 Å². The van der Waals surface area contributed by atoms with Crippen molar-refractivity contribution in [3.63, 3.8) is 0 Å². The van der Waals surface area contributed by atoms with Gasteiger partial charge in [0, 0.05) is 48.1 Å². The molecule has 0 aliphatic heterocycles. The van der Waals surface area contributed by atoms with E-state index in [0.29, 0.717) is 19.1 Å². The molecule has 0 bridgehead atoms. The number of anilines is 2. The number of ether oxygens (including phenoxy) is 1. The minimum Gasteiger partial charge on any atom is -0.494 e. The Bertz CT molecular complexity index is 1340. The summed E-state index contributed by atoms with van der Waals surface area (Å²) in [6, 6.07) is 16.5. The van der Waals surface area contributed by atoms with Crippen LogP contribution < -0.4 is 15.4 Å². The number of H-pyrrole nitrogens is 2. The van der Waals surface area contributed by atoms with Crippen molar-refractivity contribution < 1.29 is 4.74 Å². The zero-order valence-electron chi connectivity index (χ0n) is 18.0. The van der Waals surface area contributed by atoms with E-state index in [1.54, 1.807) is 6.20 Å². The molecule has 162 valence electrons. The summed E-state index contributed by atoms with van der Waals surface area (Å²) in [7, 11) is 0. The van der Waals surface area contributed by atoms with Crippen LogP contribution in [0.4, 0.5) is 11.8 Å². The van der Waals surface area contributed by atoms with Crippen LogP contribution in [-0.2, 0) is 13.0 Å². The van der Waals surface area contributed by atoms with E-state index in [4.69, 9.17) is 4.74 Å². The van der Waals surface area contributed by atoms with Crippen LogP contribution in [0.5, 0.6) is 5.75 Å². The van der Waals surface area contributed by atoms with Crippen molar-refractivity contribution in [3.05, 3.63) is 78.2 Å². The summed E-state index contributed by atoms with van der Waals surface area (Å²) < 4.78 is 5.64. The summed E-state index contributed by atoms with van der Waals surface area (Å²) in [6.07, 6.45) is 6.64. The quantitative estimate of drug-likeness (QED) is 0.263. The van der Waals surface area contributed by atoms with E-state index in [2.05, 4.69) is 73.2 Å². The standard InChI is InChI=1S/C25H26N6O/c1-2-32-20-4-6-23-21(14-20)19(16-29-23)8-11-27-25-28-12-9-24(31-25)30-15-17-3-5-22-18(13-17)7-10-26-22/h3-7,9-10,12-14,16,26,29H,2,8,11,15H2,1H3,(H2,27,28,30,31). The number of rotatable bonds is 9. The van der Waals surface area contributed by atoms with E-state index in [0.717, 1.165) is 35.6 Å². The number of benzene rings is 2. The molecule has 0 saturated carbocycles. The van der Waals surface area contributed by atoms with Gasteiger partial charge in [0.15, 0.2) is 0 Å². The fraction of sp³-hybridized carbons (Fsp3) is 0.200. The Labute approximate surface area is 186 Å². The van der Waals surface area contributed by atoms with Gasteiger partial charge in [0.05, 0.1) is 6.61 Å². The van der Waals surface area contributed by atoms with Crippen molar-refractivity contribution >= 4 is 33.6 Å². The van der Waals surface area contributed by atoms with Crippen LogP contribution in [0.15, 0.2) is 67.1 Å². The largest absolute Gasteiger partial charge is 0.494 e. The first kappa shape index (κ1) is 19.9. The Hall–Kier alpha value is -4.00. The van der Waals surface area contributed by atoms with Crippen molar-refractivity contribution in [3.8, 4) is 5.75 Å². The highest BCUT2D eigenvalue weighted by atomic mass is 16.5. The molecule has 4 N–H and O–H groups in total. The van der Waals surface area contributed by atoms with Crippen LogP contribution in [0.3, 0.4) is 0 Å². The van der Waals surface area contributed by atoms with Gasteiger partial charge in [-0.3, -0.25) is 0 Å². The van der Waals surface area contributed by atoms with Gasteiger partial charge in [-0.05, 0) is 72.3 Å². The zero-order valence-corrected chi connectivity index (χ0v) is 18.0. The van der Waals surface area contributed by atoms with Crippen molar-refractivity contribution in [1.29, 1.82) is 0 Å². The van der Waals surface area contributed by atoms with Gasteiger partial charge in [0.25, 0.3) is 0 Å². The Morgan fingerprint density at radius 2 is 1.91 bits per heavy atom. The predicted molar refractivity (Wildman–Crippen MR) is 129 cm³/mol.